The molecule has 0 aliphatic rings. The van der Waals surface area contributed by atoms with Gasteiger partial charge in [-0.05, 0) is 23.3 Å². The Labute approximate surface area is 180 Å². The van der Waals surface area contributed by atoms with Crippen LogP contribution in [0.2, 0.25) is 0 Å². The quantitative estimate of drug-likeness (QED) is 0.529. The van der Waals surface area contributed by atoms with Gasteiger partial charge in [-0.3, -0.25) is 9.10 Å². The Bertz CT molecular complexity index is 1100. The predicted octanol–water partition coefficient (Wildman–Crippen LogP) is 3.96. The molecule has 0 saturated carbocycles. The Morgan fingerprint density at radius 1 is 0.839 bits per heavy atom. The third kappa shape index (κ3) is 6.11. The van der Waals surface area contributed by atoms with Crippen LogP contribution in [-0.4, -0.2) is 32.0 Å². The largest absolute Gasteiger partial charge is 0.332 e. The molecule has 162 valence electrons. The highest BCUT2D eigenvalue weighted by Gasteiger charge is 2.26. The average Bonchev–Trinajstić information content (AvgIpc) is 2.73. The summed E-state index contributed by atoms with van der Waals surface area (Å²) in [4.78, 5) is 14.7. The minimum Gasteiger partial charge on any atom is -0.332 e. The van der Waals surface area contributed by atoms with Crippen LogP contribution >= 0.6 is 0 Å². The number of rotatable bonds is 8. The highest BCUT2D eigenvalue weighted by Crippen LogP contribution is 2.23. The lowest BCUT2D eigenvalue weighted by Crippen LogP contribution is -2.42. The number of amides is 1. The minimum absolute atomic E-state index is 0.248. The van der Waals surface area contributed by atoms with Crippen molar-refractivity contribution in [2.45, 2.75) is 13.1 Å². The van der Waals surface area contributed by atoms with Gasteiger partial charge in [0.1, 0.15) is 18.2 Å². The van der Waals surface area contributed by atoms with Crippen molar-refractivity contribution in [2.24, 2.45) is 0 Å². The van der Waals surface area contributed by atoms with Crippen molar-refractivity contribution in [3.05, 3.63) is 102 Å². The normalized spacial score (nSPS) is 11.2. The van der Waals surface area contributed by atoms with Gasteiger partial charge in [0, 0.05) is 19.2 Å². The number of sulfonamides is 1. The summed E-state index contributed by atoms with van der Waals surface area (Å²) in [5, 5.41) is 0. The summed E-state index contributed by atoms with van der Waals surface area (Å²) >= 11 is 0. The number of carbonyl (C=O) groups is 1. The van der Waals surface area contributed by atoms with Gasteiger partial charge in [-0.25, -0.2) is 17.2 Å². The van der Waals surface area contributed by atoms with Gasteiger partial charge in [0.15, 0.2) is 0 Å². The molecule has 0 unspecified atom stereocenters. The van der Waals surface area contributed by atoms with Crippen molar-refractivity contribution in [3.63, 3.8) is 0 Å². The number of nitrogens with zero attached hydrogens (tertiary/aromatic N) is 2. The lowest BCUT2D eigenvalue weighted by molar-refractivity contribution is -0.130. The van der Waals surface area contributed by atoms with Gasteiger partial charge >= 0.3 is 0 Å². The summed E-state index contributed by atoms with van der Waals surface area (Å²) < 4.78 is 52.9. The maximum absolute atomic E-state index is 14.3. The van der Waals surface area contributed by atoms with E-state index in [9.17, 15) is 22.0 Å². The van der Waals surface area contributed by atoms with E-state index in [0.29, 0.717) is 10.4 Å². The van der Waals surface area contributed by atoms with Gasteiger partial charge in [0.05, 0.1) is 11.9 Å². The Morgan fingerprint density at radius 3 is 1.81 bits per heavy atom. The van der Waals surface area contributed by atoms with Crippen molar-refractivity contribution >= 4 is 21.6 Å². The summed E-state index contributed by atoms with van der Waals surface area (Å²) in [6.45, 7) is -0.114. The second kappa shape index (κ2) is 9.70. The predicted molar refractivity (Wildman–Crippen MR) is 116 cm³/mol. The molecule has 0 atom stereocenters. The van der Waals surface area contributed by atoms with E-state index in [1.807, 2.05) is 60.7 Å². The zero-order valence-corrected chi connectivity index (χ0v) is 17.7. The zero-order valence-electron chi connectivity index (χ0n) is 16.9. The SMILES string of the molecule is CS(=O)(=O)N(CC(=O)N(Cc1ccccc1)Cc1ccccc1)c1ccc(F)cc1F. The van der Waals surface area contributed by atoms with Crippen molar-refractivity contribution in [3.8, 4) is 0 Å². The number of hydrogen-bond acceptors (Lipinski definition) is 3. The first-order chi connectivity index (χ1) is 14.7. The van der Waals surface area contributed by atoms with E-state index in [-0.39, 0.29) is 18.8 Å². The first-order valence-electron chi connectivity index (χ1n) is 9.52. The number of anilines is 1. The molecular formula is C23H22F2N2O3S. The summed E-state index contributed by atoms with van der Waals surface area (Å²) in [5.41, 5.74) is 1.35. The van der Waals surface area contributed by atoms with Gasteiger partial charge in [0.2, 0.25) is 15.9 Å². The van der Waals surface area contributed by atoms with Gasteiger partial charge in [-0.1, -0.05) is 60.7 Å². The van der Waals surface area contributed by atoms with Crippen LogP contribution < -0.4 is 4.31 Å². The number of halogens is 2. The van der Waals surface area contributed by atoms with Gasteiger partial charge < -0.3 is 4.90 Å². The topological polar surface area (TPSA) is 57.7 Å². The maximum atomic E-state index is 14.3. The monoisotopic (exact) mass is 444 g/mol. The van der Waals surface area contributed by atoms with Crippen LogP contribution in [0, 0.1) is 11.6 Å². The molecule has 0 N–H and O–H groups in total. The fourth-order valence-electron chi connectivity index (χ4n) is 3.13. The standard InChI is InChI=1S/C23H22F2N2O3S/c1-31(29,30)27(22-13-12-20(24)14-21(22)25)17-23(28)26(15-18-8-4-2-5-9-18)16-19-10-6-3-7-11-19/h2-14H,15-17H2,1H3. The highest BCUT2D eigenvalue weighted by atomic mass is 32.2. The molecule has 3 aromatic carbocycles. The van der Waals surface area contributed by atoms with Gasteiger partial charge in [-0.2, -0.15) is 0 Å². The number of hydrogen-bond donors (Lipinski definition) is 0. The molecule has 3 aromatic rings. The molecule has 31 heavy (non-hydrogen) atoms. The molecule has 0 radical (unpaired) electrons. The molecule has 0 aromatic heterocycles. The molecule has 1 amide bonds. The highest BCUT2D eigenvalue weighted by molar-refractivity contribution is 7.92. The molecule has 3 rings (SSSR count). The van der Waals surface area contributed by atoms with E-state index in [1.54, 1.807) is 0 Å². The summed E-state index contributed by atoms with van der Waals surface area (Å²) in [6, 6.07) is 21.1. The molecule has 0 saturated heterocycles. The Balaban J connectivity index is 1.90. The molecule has 8 heteroatoms. The van der Waals surface area contributed by atoms with E-state index in [2.05, 4.69) is 0 Å². The second-order valence-corrected chi connectivity index (χ2v) is 8.99. The van der Waals surface area contributed by atoms with E-state index in [1.165, 1.54) is 4.90 Å². The first kappa shape index (κ1) is 22.4. The fraction of sp³-hybridized carbons (Fsp3) is 0.174. The van der Waals surface area contributed by atoms with Crippen LogP contribution in [0.1, 0.15) is 11.1 Å². The summed E-state index contributed by atoms with van der Waals surface area (Å²) in [7, 11) is -4.00. The third-order valence-corrected chi connectivity index (χ3v) is 5.77. The lowest BCUT2D eigenvalue weighted by Gasteiger charge is -2.28. The smallest absolute Gasteiger partial charge is 0.243 e. The van der Waals surface area contributed by atoms with E-state index >= 15 is 0 Å². The van der Waals surface area contributed by atoms with Crippen LogP contribution in [0.5, 0.6) is 0 Å². The number of benzene rings is 3. The van der Waals surface area contributed by atoms with Crippen molar-refractivity contribution in [1.82, 2.24) is 4.90 Å². The maximum Gasteiger partial charge on any atom is 0.243 e. The number of carbonyl (C=O) groups excluding carboxylic acids is 1. The Kier molecular flexibility index (Phi) is 7.02. The molecule has 0 heterocycles. The van der Waals surface area contributed by atoms with Crippen molar-refractivity contribution < 1.29 is 22.0 Å². The second-order valence-electron chi connectivity index (χ2n) is 7.09. The molecule has 0 fully saturated rings. The molecule has 0 aliphatic carbocycles. The van der Waals surface area contributed by atoms with Crippen LogP contribution in [-0.2, 0) is 27.9 Å². The van der Waals surface area contributed by atoms with Crippen LogP contribution in [0.4, 0.5) is 14.5 Å². The van der Waals surface area contributed by atoms with E-state index in [4.69, 9.17) is 0 Å². The Morgan fingerprint density at radius 2 is 1.35 bits per heavy atom. The van der Waals surface area contributed by atoms with Crippen LogP contribution in [0.3, 0.4) is 0 Å². The minimum atomic E-state index is -4.00. The lowest BCUT2D eigenvalue weighted by atomic mass is 10.1. The Hall–Kier alpha value is -3.26. The van der Waals surface area contributed by atoms with Crippen LogP contribution in [0.15, 0.2) is 78.9 Å². The average molecular weight is 445 g/mol. The van der Waals surface area contributed by atoms with Crippen LogP contribution in [0.25, 0.3) is 0 Å². The van der Waals surface area contributed by atoms with Gasteiger partial charge in [-0.15, -0.1) is 0 Å². The molecule has 0 spiro atoms. The molecule has 0 bridgehead atoms. The van der Waals surface area contributed by atoms with Gasteiger partial charge in [0.25, 0.3) is 0 Å². The van der Waals surface area contributed by atoms with E-state index < -0.39 is 34.1 Å². The van der Waals surface area contributed by atoms with Crippen molar-refractivity contribution in [1.29, 1.82) is 0 Å². The fourth-order valence-corrected chi connectivity index (χ4v) is 3.98. The molecular weight excluding hydrogens is 422 g/mol. The summed E-state index contributed by atoms with van der Waals surface area (Å²) in [5.74, 6) is -2.41. The molecule has 0 aliphatic heterocycles. The molecule has 5 nitrogen and oxygen atoms in total. The summed E-state index contributed by atoms with van der Waals surface area (Å²) in [6.07, 6.45) is 0.877. The van der Waals surface area contributed by atoms with E-state index in [0.717, 1.165) is 29.5 Å². The first-order valence-corrected chi connectivity index (χ1v) is 11.4. The van der Waals surface area contributed by atoms with Crippen molar-refractivity contribution in [2.75, 3.05) is 17.1 Å². The zero-order chi connectivity index (χ0) is 22.4. The third-order valence-electron chi connectivity index (χ3n) is 4.64.